The molecule has 1 aromatic heterocycles. The summed E-state index contributed by atoms with van der Waals surface area (Å²) >= 11 is 0. The minimum absolute atomic E-state index is 0.0938. The van der Waals surface area contributed by atoms with E-state index in [-0.39, 0.29) is 11.5 Å². The smallest absolute Gasteiger partial charge is 0.0630 e. The van der Waals surface area contributed by atoms with E-state index < -0.39 is 0 Å². The summed E-state index contributed by atoms with van der Waals surface area (Å²) in [5, 5.41) is 17.4. The standard InChI is InChI=1S/C13H23N3O/c1-14-10-13(6-3-12(17)4-7-13)9-11-5-8-16(2)15-11/h5,8,12,14,17H,3-4,6-7,9-10H2,1-2H3. The van der Waals surface area contributed by atoms with E-state index in [1.54, 1.807) is 0 Å². The number of nitrogens with one attached hydrogen (secondary N) is 1. The van der Waals surface area contributed by atoms with Crippen LogP contribution in [0.2, 0.25) is 0 Å². The van der Waals surface area contributed by atoms with Gasteiger partial charge in [-0.2, -0.15) is 5.10 Å². The molecule has 0 bridgehead atoms. The van der Waals surface area contributed by atoms with E-state index >= 15 is 0 Å². The van der Waals surface area contributed by atoms with Gasteiger partial charge in [-0.1, -0.05) is 0 Å². The Bertz CT molecular complexity index is 353. The van der Waals surface area contributed by atoms with E-state index in [0.717, 1.165) is 38.6 Å². The number of hydrogen-bond acceptors (Lipinski definition) is 3. The highest BCUT2D eigenvalue weighted by Gasteiger charge is 2.34. The fourth-order valence-electron chi connectivity index (χ4n) is 2.95. The molecule has 0 unspecified atom stereocenters. The fraction of sp³-hybridized carbons (Fsp3) is 0.769. The molecule has 96 valence electrons. The molecular weight excluding hydrogens is 214 g/mol. The molecule has 1 aromatic rings. The van der Waals surface area contributed by atoms with Gasteiger partial charge >= 0.3 is 0 Å². The Kier molecular flexibility index (Phi) is 3.84. The first kappa shape index (κ1) is 12.6. The molecule has 0 atom stereocenters. The largest absolute Gasteiger partial charge is 0.393 e. The third-order valence-corrected chi connectivity index (χ3v) is 3.89. The van der Waals surface area contributed by atoms with Crippen LogP contribution in [0.4, 0.5) is 0 Å². The van der Waals surface area contributed by atoms with Crippen molar-refractivity contribution in [2.45, 2.75) is 38.2 Å². The number of aliphatic hydroxyl groups excluding tert-OH is 1. The number of aliphatic hydroxyl groups is 1. The predicted molar refractivity (Wildman–Crippen MR) is 67.7 cm³/mol. The Labute approximate surface area is 103 Å². The summed E-state index contributed by atoms with van der Waals surface area (Å²) in [6.07, 6.45) is 6.95. The lowest BCUT2D eigenvalue weighted by molar-refractivity contribution is 0.0623. The molecule has 0 amide bonds. The molecule has 0 spiro atoms. The molecule has 0 radical (unpaired) electrons. The van der Waals surface area contributed by atoms with Crippen LogP contribution in [-0.2, 0) is 13.5 Å². The number of rotatable bonds is 4. The van der Waals surface area contributed by atoms with E-state index in [2.05, 4.69) is 16.5 Å². The van der Waals surface area contributed by atoms with Gasteiger partial charge in [0.05, 0.1) is 11.8 Å². The van der Waals surface area contributed by atoms with Crippen molar-refractivity contribution < 1.29 is 5.11 Å². The summed E-state index contributed by atoms with van der Waals surface area (Å²) in [6, 6.07) is 2.10. The van der Waals surface area contributed by atoms with Gasteiger partial charge in [-0.25, -0.2) is 0 Å². The second-order valence-corrected chi connectivity index (χ2v) is 5.42. The summed E-state index contributed by atoms with van der Waals surface area (Å²) in [7, 11) is 3.96. The molecule has 1 aliphatic rings. The molecule has 2 rings (SSSR count). The van der Waals surface area contributed by atoms with Crippen molar-refractivity contribution >= 4 is 0 Å². The SMILES string of the molecule is CNCC1(Cc2ccn(C)n2)CCC(O)CC1. The third-order valence-electron chi connectivity index (χ3n) is 3.89. The van der Waals surface area contributed by atoms with Crippen LogP contribution in [0.5, 0.6) is 0 Å². The van der Waals surface area contributed by atoms with Crippen LogP contribution in [0.1, 0.15) is 31.4 Å². The Morgan fingerprint density at radius 1 is 1.53 bits per heavy atom. The normalized spacial score (nSPS) is 29.5. The third kappa shape index (κ3) is 3.07. The van der Waals surface area contributed by atoms with E-state index in [0.29, 0.717) is 0 Å². The van der Waals surface area contributed by atoms with Crippen LogP contribution in [0, 0.1) is 5.41 Å². The highest BCUT2D eigenvalue weighted by atomic mass is 16.3. The first-order valence-corrected chi connectivity index (χ1v) is 6.45. The van der Waals surface area contributed by atoms with E-state index in [1.165, 1.54) is 5.69 Å². The molecule has 1 aliphatic carbocycles. The average Bonchev–Trinajstić information content (AvgIpc) is 2.69. The lowest BCUT2D eigenvalue weighted by Gasteiger charge is -2.38. The van der Waals surface area contributed by atoms with Gasteiger partial charge in [0.15, 0.2) is 0 Å². The molecule has 2 N–H and O–H groups in total. The van der Waals surface area contributed by atoms with Gasteiger partial charge in [0, 0.05) is 19.8 Å². The Morgan fingerprint density at radius 3 is 2.76 bits per heavy atom. The molecule has 4 heteroatoms. The van der Waals surface area contributed by atoms with Crippen molar-refractivity contribution in [2.75, 3.05) is 13.6 Å². The maximum Gasteiger partial charge on any atom is 0.0630 e. The van der Waals surface area contributed by atoms with Gasteiger partial charge in [-0.3, -0.25) is 4.68 Å². The molecule has 1 heterocycles. The summed E-state index contributed by atoms with van der Waals surface area (Å²) in [6.45, 7) is 1.01. The van der Waals surface area contributed by atoms with Crippen molar-refractivity contribution in [3.8, 4) is 0 Å². The van der Waals surface area contributed by atoms with E-state index in [9.17, 15) is 5.11 Å². The van der Waals surface area contributed by atoms with Gasteiger partial charge in [0.2, 0.25) is 0 Å². The first-order chi connectivity index (χ1) is 8.13. The van der Waals surface area contributed by atoms with Crippen LogP contribution in [0.3, 0.4) is 0 Å². The summed E-state index contributed by atoms with van der Waals surface area (Å²) in [5.41, 5.74) is 1.45. The van der Waals surface area contributed by atoms with Crippen molar-refractivity contribution in [3.63, 3.8) is 0 Å². The summed E-state index contributed by atoms with van der Waals surface area (Å²) in [5.74, 6) is 0. The maximum absolute atomic E-state index is 9.64. The Morgan fingerprint density at radius 2 is 2.24 bits per heavy atom. The molecular formula is C13H23N3O. The molecule has 17 heavy (non-hydrogen) atoms. The van der Waals surface area contributed by atoms with Gasteiger partial charge in [-0.05, 0) is 50.6 Å². The van der Waals surface area contributed by atoms with Gasteiger partial charge in [-0.15, -0.1) is 0 Å². The number of hydrogen-bond donors (Lipinski definition) is 2. The topological polar surface area (TPSA) is 50.1 Å². The fourth-order valence-corrected chi connectivity index (χ4v) is 2.95. The lowest BCUT2D eigenvalue weighted by atomic mass is 9.70. The highest BCUT2D eigenvalue weighted by molar-refractivity contribution is 5.05. The van der Waals surface area contributed by atoms with Crippen molar-refractivity contribution in [1.29, 1.82) is 0 Å². The van der Waals surface area contributed by atoms with Crippen LogP contribution < -0.4 is 5.32 Å². The Hall–Kier alpha value is -0.870. The minimum Gasteiger partial charge on any atom is -0.393 e. The zero-order valence-corrected chi connectivity index (χ0v) is 10.8. The highest BCUT2D eigenvalue weighted by Crippen LogP contribution is 2.38. The van der Waals surface area contributed by atoms with Crippen LogP contribution in [-0.4, -0.2) is 34.6 Å². The second kappa shape index (κ2) is 5.19. The van der Waals surface area contributed by atoms with Crippen LogP contribution in [0.25, 0.3) is 0 Å². The quantitative estimate of drug-likeness (QED) is 0.824. The number of aromatic nitrogens is 2. The van der Waals surface area contributed by atoms with Gasteiger partial charge in [0.25, 0.3) is 0 Å². The van der Waals surface area contributed by atoms with Crippen molar-refractivity contribution in [2.24, 2.45) is 12.5 Å². The monoisotopic (exact) mass is 237 g/mol. The van der Waals surface area contributed by atoms with Crippen LogP contribution >= 0.6 is 0 Å². The number of aryl methyl sites for hydroxylation is 1. The van der Waals surface area contributed by atoms with Gasteiger partial charge in [0.1, 0.15) is 0 Å². The number of nitrogens with zero attached hydrogens (tertiary/aromatic N) is 2. The molecule has 1 saturated carbocycles. The molecule has 4 nitrogen and oxygen atoms in total. The Balaban J connectivity index is 2.06. The van der Waals surface area contributed by atoms with E-state index in [4.69, 9.17) is 0 Å². The molecule has 1 fully saturated rings. The minimum atomic E-state index is -0.0938. The summed E-state index contributed by atoms with van der Waals surface area (Å²) in [4.78, 5) is 0. The summed E-state index contributed by atoms with van der Waals surface area (Å²) < 4.78 is 1.86. The van der Waals surface area contributed by atoms with Crippen molar-refractivity contribution in [1.82, 2.24) is 15.1 Å². The maximum atomic E-state index is 9.64. The van der Waals surface area contributed by atoms with E-state index in [1.807, 2.05) is 25.0 Å². The molecule has 0 aromatic carbocycles. The first-order valence-electron chi connectivity index (χ1n) is 6.45. The zero-order chi connectivity index (χ0) is 12.3. The predicted octanol–water partition coefficient (Wildman–Crippen LogP) is 1.10. The van der Waals surface area contributed by atoms with Crippen molar-refractivity contribution in [3.05, 3.63) is 18.0 Å². The zero-order valence-electron chi connectivity index (χ0n) is 10.8. The molecule has 0 saturated heterocycles. The average molecular weight is 237 g/mol. The van der Waals surface area contributed by atoms with Gasteiger partial charge < -0.3 is 10.4 Å². The van der Waals surface area contributed by atoms with Crippen LogP contribution in [0.15, 0.2) is 12.3 Å². The second-order valence-electron chi connectivity index (χ2n) is 5.42. The lowest BCUT2D eigenvalue weighted by Crippen LogP contribution is -2.39. The molecule has 0 aliphatic heterocycles.